The summed E-state index contributed by atoms with van der Waals surface area (Å²) in [4.78, 5) is 25.6. The van der Waals surface area contributed by atoms with E-state index in [1.807, 2.05) is 25.1 Å². The number of nitrogens with one attached hydrogen (secondary N) is 1. The molecule has 152 valence electrons. The molecule has 0 aliphatic carbocycles. The molecule has 0 aliphatic rings. The number of amides is 1. The second-order valence-corrected chi connectivity index (χ2v) is 7.53. The van der Waals surface area contributed by atoms with Crippen LogP contribution in [0.4, 0.5) is 0 Å². The van der Waals surface area contributed by atoms with E-state index in [1.54, 1.807) is 35.1 Å². The highest BCUT2D eigenvalue weighted by atomic mass is 35.5. The molecule has 1 amide bonds. The number of aromatic nitrogens is 4. The van der Waals surface area contributed by atoms with Gasteiger partial charge in [-0.1, -0.05) is 23.2 Å². The van der Waals surface area contributed by atoms with Crippen molar-refractivity contribution in [1.29, 1.82) is 0 Å². The number of halogens is 2. The summed E-state index contributed by atoms with van der Waals surface area (Å²) in [6, 6.07) is 8.91. The summed E-state index contributed by atoms with van der Waals surface area (Å²) >= 11 is 12.5. The molecule has 7 nitrogen and oxygen atoms in total. The summed E-state index contributed by atoms with van der Waals surface area (Å²) in [6.45, 7) is 2.48. The molecule has 4 rings (SSSR count). The van der Waals surface area contributed by atoms with E-state index in [4.69, 9.17) is 28.9 Å². The van der Waals surface area contributed by atoms with Crippen LogP contribution in [-0.4, -0.2) is 25.3 Å². The van der Waals surface area contributed by atoms with Gasteiger partial charge in [-0.2, -0.15) is 0 Å². The fourth-order valence-corrected chi connectivity index (χ4v) is 3.75. The number of imidazole rings is 1. The van der Waals surface area contributed by atoms with E-state index in [0.29, 0.717) is 22.4 Å². The third-order valence-electron chi connectivity index (χ3n) is 4.74. The maximum atomic E-state index is 12.7. The van der Waals surface area contributed by atoms with Crippen molar-refractivity contribution in [1.82, 2.24) is 24.7 Å². The van der Waals surface area contributed by atoms with Crippen LogP contribution < -0.4 is 11.1 Å². The lowest BCUT2D eigenvalue weighted by Gasteiger charge is -2.14. The summed E-state index contributed by atoms with van der Waals surface area (Å²) in [6.07, 6.45) is 4.99. The monoisotopic (exact) mass is 440 g/mol. The highest BCUT2D eigenvalue weighted by Crippen LogP contribution is 2.34. The fourth-order valence-electron chi connectivity index (χ4n) is 3.25. The number of pyridine rings is 1. The second kappa shape index (κ2) is 8.39. The van der Waals surface area contributed by atoms with Gasteiger partial charge in [0.25, 0.3) is 5.91 Å². The molecular formula is C21H18Cl2N6O. The summed E-state index contributed by atoms with van der Waals surface area (Å²) in [7, 11) is 0. The topological polar surface area (TPSA) is 98.2 Å². The Morgan fingerprint density at radius 3 is 2.63 bits per heavy atom. The number of hydrogen-bond donors (Lipinski definition) is 2. The normalized spacial score (nSPS) is 11.1. The number of benzene rings is 1. The van der Waals surface area contributed by atoms with E-state index in [9.17, 15) is 4.79 Å². The second-order valence-electron chi connectivity index (χ2n) is 6.69. The van der Waals surface area contributed by atoms with E-state index < -0.39 is 0 Å². The summed E-state index contributed by atoms with van der Waals surface area (Å²) in [5, 5.41) is 3.86. The Morgan fingerprint density at radius 2 is 1.93 bits per heavy atom. The third kappa shape index (κ3) is 3.87. The van der Waals surface area contributed by atoms with Gasteiger partial charge >= 0.3 is 0 Å². The zero-order chi connectivity index (χ0) is 21.3. The van der Waals surface area contributed by atoms with Crippen molar-refractivity contribution >= 4 is 34.9 Å². The molecule has 9 heteroatoms. The minimum absolute atomic E-state index is 0.247. The maximum Gasteiger partial charge on any atom is 0.271 e. The van der Waals surface area contributed by atoms with E-state index in [0.717, 1.165) is 28.1 Å². The van der Waals surface area contributed by atoms with E-state index in [1.165, 1.54) is 0 Å². The lowest BCUT2D eigenvalue weighted by atomic mass is 10.0. The Hall–Kier alpha value is -3.00. The average Bonchev–Trinajstić information content (AvgIpc) is 3.16. The molecule has 0 fully saturated rings. The van der Waals surface area contributed by atoms with Crippen LogP contribution in [0.2, 0.25) is 10.0 Å². The Kier molecular flexibility index (Phi) is 5.67. The van der Waals surface area contributed by atoms with Gasteiger partial charge in [0, 0.05) is 53.5 Å². The Morgan fingerprint density at radius 1 is 1.17 bits per heavy atom. The van der Waals surface area contributed by atoms with Crippen LogP contribution in [0.25, 0.3) is 17.0 Å². The fraction of sp³-hybridized carbons (Fsp3) is 0.143. The van der Waals surface area contributed by atoms with Gasteiger partial charge in [-0.15, -0.1) is 0 Å². The number of carbonyl (C=O) groups is 1. The number of nitrogens with two attached hydrogens (primary N) is 1. The number of fused-ring (bicyclic) bond motifs is 1. The molecule has 30 heavy (non-hydrogen) atoms. The van der Waals surface area contributed by atoms with Crippen molar-refractivity contribution < 1.29 is 4.79 Å². The summed E-state index contributed by atoms with van der Waals surface area (Å²) in [5.74, 6) is 0.0807. The number of carbonyl (C=O) groups excluding carboxylic acids is 1. The Bertz CT molecular complexity index is 1240. The third-order valence-corrected chi connectivity index (χ3v) is 5.29. The Labute approximate surface area is 182 Å². The summed E-state index contributed by atoms with van der Waals surface area (Å²) < 4.78 is 1.74. The smallest absolute Gasteiger partial charge is 0.271 e. The molecule has 4 aromatic rings. The first-order valence-corrected chi connectivity index (χ1v) is 9.94. The van der Waals surface area contributed by atoms with Crippen LogP contribution >= 0.6 is 23.2 Å². The average molecular weight is 441 g/mol. The van der Waals surface area contributed by atoms with E-state index >= 15 is 0 Å². The molecule has 0 saturated heterocycles. The van der Waals surface area contributed by atoms with Gasteiger partial charge in [-0.3, -0.25) is 14.2 Å². The lowest BCUT2D eigenvalue weighted by molar-refractivity contribution is 0.0946. The zero-order valence-corrected chi connectivity index (χ0v) is 17.6. The standard InChI is InChI=1S/C21H18Cl2N6O/c1-12-16(9-24)19(15-3-2-14(22)8-17(15)23)29-11-18(28-21(29)27-12)20(30)26-10-13-4-6-25-7-5-13/h2-8,11H,9-10,24H2,1H3,(H,26,30). The van der Waals surface area contributed by atoms with Crippen molar-refractivity contribution in [3.05, 3.63) is 81.5 Å². The number of hydrogen-bond acceptors (Lipinski definition) is 5. The molecule has 0 saturated carbocycles. The lowest BCUT2D eigenvalue weighted by Crippen LogP contribution is -2.23. The molecular weight excluding hydrogens is 423 g/mol. The van der Waals surface area contributed by atoms with Gasteiger partial charge in [0.2, 0.25) is 5.78 Å². The first-order chi connectivity index (χ1) is 14.5. The first kappa shape index (κ1) is 20.3. The molecule has 0 radical (unpaired) electrons. The SMILES string of the molecule is Cc1nc2nc(C(=O)NCc3ccncc3)cn2c(-c2ccc(Cl)cc2Cl)c1CN. The predicted molar refractivity (Wildman–Crippen MR) is 116 cm³/mol. The minimum atomic E-state index is -0.308. The molecule has 1 aromatic carbocycles. The molecule has 0 bridgehead atoms. The van der Waals surface area contributed by atoms with E-state index in [-0.39, 0.29) is 18.1 Å². The molecule has 0 unspecified atom stereocenters. The van der Waals surface area contributed by atoms with Crippen LogP contribution in [-0.2, 0) is 13.1 Å². The van der Waals surface area contributed by atoms with Crippen LogP contribution in [0, 0.1) is 6.92 Å². The van der Waals surface area contributed by atoms with Crippen LogP contribution in [0.15, 0.2) is 48.9 Å². The van der Waals surface area contributed by atoms with Crippen molar-refractivity contribution in [2.24, 2.45) is 5.73 Å². The quantitative estimate of drug-likeness (QED) is 0.491. The van der Waals surface area contributed by atoms with Crippen LogP contribution in [0.5, 0.6) is 0 Å². The molecule has 0 atom stereocenters. The minimum Gasteiger partial charge on any atom is -0.347 e. The number of nitrogens with zero attached hydrogens (tertiary/aromatic N) is 4. The predicted octanol–water partition coefficient (Wildman–Crippen LogP) is 3.80. The van der Waals surface area contributed by atoms with Crippen molar-refractivity contribution in [2.45, 2.75) is 20.0 Å². The first-order valence-electron chi connectivity index (χ1n) is 9.19. The number of rotatable bonds is 5. The summed E-state index contributed by atoms with van der Waals surface area (Å²) in [5.41, 5.74) is 10.2. The van der Waals surface area contributed by atoms with Crippen LogP contribution in [0.1, 0.15) is 27.3 Å². The van der Waals surface area contributed by atoms with Gasteiger partial charge in [-0.05, 0) is 42.8 Å². The molecule has 3 heterocycles. The largest absolute Gasteiger partial charge is 0.347 e. The maximum absolute atomic E-state index is 12.7. The molecule has 3 N–H and O–H groups in total. The van der Waals surface area contributed by atoms with Gasteiger partial charge in [0.1, 0.15) is 5.69 Å². The van der Waals surface area contributed by atoms with Gasteiger partial charge < -0.3 is 11.1 Å². The van der Waals surface area contributed by atoms with Gasteiger partial charge in [0.05, 0.1) is 10.7 Å². The molecule has 0 aliphatic heterocycles. The van der Waals surface area contributed by atoms with Crippen molar-refractivity contribution in [2.75, 3.05) is 0 Å². The van der Waals surface area contributed by atoms with Crippen molar-refractivity contribution in [3.8, 4) is 11.3 Å². The van der Waals surface area contributed by atoms with Crippen molar-refractivity contribution in [3.63, 3.8) is 0 Å². The van der Waals surface area contributed by atoms with Gasteiger partial charge in [-0.25, -0.2) is 9.97 Å². The van der Waals surface area contributed by atoms with Crippen LogP contribution in [0.3, 0.4) is 0 Å². The molecule has 3 aromatic heterocycles. The molecule has 0 spiro atoms. The van der Waals surface area contributed by atoms with E-state index in [2.05, 4.69) is 20.3 Å². The highest BCUT2D eigenvalue weighted by molar-refractivity contribution is 6.36. The Balaban J connectivity index is 1.77. The van der Waals surface area contributed by atoms with Gasteiger partial charge in [0.15, 0.2) is 0 Å². The zero-order valence-electron chi connectivity index (χ0n) is 16.1. The highest BCUT2D eigenvalue weighted by Gasteiger charge is 2.20. The number of aryl methyl sites for hydroxylation is 1.